The van der Waals surface area contributed by atoms with Gasteiger partial charge in [0.05, 0.1) is 0 Å². The molecule has 112 valence electrons. The highest BCUT2D eigenvalue weighted by atomic mass is 32.1. The Hall–Kier alpha value is -2.72. The van der Waals surface area contributed by atoms with Crippen LogP contribution in [0.3, 0.4) is 0 Å². The second kappa shape index (κ2) is 6.18. The van der Waals surface area contributed by atoms with E-state index in [9.17, 15) is 0 Å². The average Bonchev–Trinajstić information content (AvgIpc) is 3.15. The molecule has 0 bridgehead atoms. The maximum atomic E-state index is 4.33. The second-order valence-corrected chi connectivity index (χ2v) is 6.22. The summed E-state index contributed by atoms with van der Waals surface area (Å²) in [6, 6.07) is 16.9. The van der Waals surface area contributed by atoms with Crippen molar-refractivity contribution in [2.45, 2.75) is 6.54 Å². The zero-order valence-electron chi connectivity index (χ0n) is 12.4. The highest BCUT2D eigenvalue weighted by Gasteiger charge is 2.01. The lowest BCUT2D eigenvalue weighted by atomic mass is 10.1. The standard InChI is InChI=1S/C19H15N3S/c1-2-17-13-20-8-7-16(17)11-14(1)12-22-18-5-3-15(4-6-18)19-21-9-10-23-19/h1-11,13,22H,12H2. The Kier molecular flexibility index (Phi) is 3.74. The maximum absolute atomic E-state index is 4.33. The SMILES string of the molecule is c1cc2cc(CNc3ccc(-c4nccs4)cc3)ccc2cn1. The Balaban J connectivity index is 1.47. The Morgan fingerprint density at radius 2 is 1.83 bits per heavy atom. The lowest BCUT2D eigenvalue weighted by Crippen LogP contribution is -1.99. The Morgan fingerprint density at radius 1 is 0.913 bits per heavy atom. The molecule has 0 aliphatic heterocycles. The molecule has 4 rings (SSSR count). The van der Waals surface area contributed by atoms with Gasteiger partial charge in [-0.2, -0.15) is 0 Å². The minimum absolute atomic E-state index is 0.800. The lowest BCUT2D eigenvalue weighted by molar-refractivity contribution is 1.15. The molecule has 1 N–H and O–H groups in total. The van der Waals surface area contributed by atoms with Gasteiger partial charge in [-0.3, -0.25) is 4.98 Å². The molecule has 0 amide bonds. The van der Waals surface area contributed by atoms with E-state index < -0.39 is 0 Å². The number of nitrogens with zero attached hydrogens (tertiary/aromatic N) is 2. The summed E-state index contributed by atoms with van der Waals surface area (Å²) in [7, 11) is 0. The molecular weight excluding hydrogens is 302 g/mol. The van der Waals surface area contributed by atoms with Crippen molar-refractivity contribution >= 4 is 27.8 Å². The smallest absolute Gasteiger partial charge is 0.123 e. The maximum Gasteiger partial charge on any atom is 0.123 e. The Labute approximate surface area is 138 Å². The second-order valence-electron chi connectivity index (χ2n) is 5.33. The molecular formula is C19H15N3S. The fourth-order valence-corrected chi connectivity index (χ4v) is 3.19. The number of hydrogen-bond donors (Lipinski definition) is 1. The molecule has 0 aliphatic carbocycles. The van der Waals surface area contributed by atoms with Crippen molar-refractivity contribution in [1.82, 2.24) is 9.97 Å². The van der Waals surface area contributed by atoms with E-state index in [-0.39, 0.29) is 0 Å². The molecule has 0 unspecified atom stereocenters. The summed E-state index contributed by atoms with van der Waals surface area (Å²) in [5.41, 5.74) is 3.52. The minimum Gasteiger partial charge on any atom is -0.381 e. The molecule has 2 heterocycles. The van der Waals surface area contributed by atoms with E-state index in [2.05, 4.69) is 57.7 Å². The summed E-state index contributed by atoms with van der Waals surface area (Å²) in [5.74, 6) is 0. The molecule has 0 radical (unpaired) electrons. The molecule has 23 heavy (non-hydrogen) atoms. The van der Waals surface area contributed by atoms with Gasteiger partial charge >= 0.3 is 0 Å². The summed E-state index contributed by atoms with van der Waals surface area (Å²) >= 11 is 1.66. The van der Waals surface area contributed by atoms with Crippen LogP contribution in [0.15, 0.2) is 72.5 Å². The van der Waals surface area contributed by atoms with Gasteiger partial charge in [0.2, 0.25) is 0 Å². The molecule has 0 fully saturated rings. The van der Waals surface area contributed by atoms with E-state index >= 15 is 0 Å². The zero-order chi connectivity index (χ0) is 15.5. The fraction of sp³-hybridized carbons (Fsp3) is 0.0526. The van der Waals surface area contributed by atoms with Gasteiger partial charge in [0.25, 0.3) is 0 Å². The van der Waals surface area contributed by atoms with Gasteiger partial charge in [0.1, 0.15) is 5.01 Å². The van der Waals surface area contributed by atoms with E-state index in [0.717, 1.165) is 22.8 Å². The van der Waals surface area contributed by atoms with Crippen molar-refractivity contribution in [3.05, 3.63) is 78.1 Å². The third kappa shape index (κ3) is 3.07. The number of fused-ring (bicyclic) bond motifs is 1. The number of pyridine rings is 1. The molecule has 0 spiro atoms. The van der Waals surface area contributed by atoms with Crippen LogP contribution < -0.4 is 5.32 Å². The fourth-order valence-electron chi connectivity index (χ4n) is 2.54. The summed E-state index contributed by atoms with van der Waals surface area (Å²) in [5, 5.41) is 8.91. The van der Waals surface area contributed by atoms with E-state index in [1.54, 1.807) is 11.3 Å². The van der Waals surface area contributed by atoms with E-state index in [4.69, 9.17) is 0 Å². The summed E-state index contributed by atoms with van der Waals surface area (Å²) in [6.07, 6.45) is 5.56. The van der Waals surface area contributed by atoms with Crippen LogP contribution in [0, 0.1) is 0 Å². The predicted molar refractivity (Wildman–Crippen MR) is 96.6 cm³/mol. The number of hydrogen-bond acceptors (Lipinski definition) is 4. The first-order chi connectivity index (χ1) is 11.4. The van der Waals surface area contributed by atoms with E-state index in [1.807, 2.05) is 30.0 Å². The monoisotopic (exact) mass is 317 g/mol. The van der Waals surface area contributed by atoms with Crippen molar-refractivity contribution in [2.24, 2.45) is 0 Å². The molecule has 0 saturated carbocycles. The molecule has 2 aromatic heterocycles. The highest BCUT2D eigenvalue weighted by molar-refractivity contribution is 7.13. The number of anilines is 1. The van der Waals surface area contributed by atoms with Gasteiger partial charge < -0.3 is 5.32 Å². The van der Waals surface area contributed by atoms with Crippen LogP contribution in [0.1, 0.15) is 5.56 Å². The van der Waals surface area contributed by atoms with Gasteiger partial charge in [-0.25, -0.2) is 4.98 Å². The molecule has 4 heteroatoms. The van der Waals surface area contributed by atoms with Crippen LogP contribution in [0.5, 0.6) is 0 Å². The van der Waals surface area contributed by atoms with E-state index in [1.165, 1.54) is 16.3 Å². The molecule has 0 saturated heterocycles. The van der Waals surface area contributed by atoms with E-state index in [0.29, 0.717) is 0 Å². The predicted octanol–water partition coefficient (Wildman–Crippen LogP) is 4.97. The van der Waals surface area contributed by atoms with Gasteiger partial charge in [0.15, 0.2) is 0 Å². The van der Waals surface area contributed by atoms with Crippen molar-refractivity contribution < 1.29 is 0 Å². The van der Waals surface area contributed by atoms with Crippen LogP contribution >= 0.6 is 11.3 Å². The van der Waals surface area contributed by atoms with Crippen LogP contribution in [0.2, 0.25) is 0 Å². The average molecular weight is 317 g/mol. The summed E-state index contributed by atoms with van der Waals surface area (Å²) in [6.45, 7) is 0.800. The molecule has 0 atom stereocenters. The van der Waals surface area contributed by atoms with Crippen molar-refractivity contribution in [1.29, 1.82) is 0 Å². The first-order valence-electron chi connectivity index (χ1n) is 7.45. The summed E-state index contributed by atoms with van der Waals surface area (Å²) in [4.78, 5) is 8.48. The van der Waals surface area contributed by atoms with Gasteiger partial charge in [-0.15, -0.1) is 11.3 Å². The van der Waals surface area contributed by atoms with Crippen LogP contribution in [0.4, 0.5) is 5.69 Å². The number of aromatic nitrogens is 2. The Bertz CT molecular complexity index is 915. The first-order valence-corrected chi connectivity index (χ1v) is 8.33. The molecule has 4 aromatic rings. The Morgan fingerprint density at radius 3 is 2.65 bits per heavy atom. The number of nitrogens with one attached hydrogen (secondary N) is 1. The van der Waals surface area contributed by atoms with Crippen LogP contribution in [-0.4, -0.2) is 9.97 Å². The van der Waals surface area contributed by atoms with Gasteiger partial charge in [0, 0.05) is 47.2 Å². The van der Waals surface area contributed by atoms with Crippen LogP contribution in [-0.2, 0) is 6.54 Å². The third-order valence-corrected chi connectivity index (χ3v) is 4.59. The molecule has 2 aromatic carbocycles. The molecule has 3 nitrogen and oxygen atoms in total. The topological polar surface area (TPSA) is 37.8 Å². The van der Waals surface area contributed by atoms with Crippen molar-refractivity contribution in [3.63, 3.8) is 0 Å². The highest BCUT2D eigenvalue weighted by Crippen LogP contribution is 2.23. The number of thiazole rings is 1. The number of rotatable bonds is 4. The minimum atomic E-state index is 0.800. The van der Waals surface area contributed by atoms with Gasteiger partial charge in [-0.1, -0.05) is 12.1 Å². The van der Waals surface area contributed by atoms with Crippen molar-refractivity contribution in [2.75, 3.05) is 5.32 Å². The molecule has 0 aliphatic rings. The summed E-state index contributed by atoms with van der Waals surface area (Å²) < 4.78 is 0. The third-order valence-electron chi connectivity index (χ3n) is 3.77. The quantitative estimate of drug-likeness (QED) is 0.577. The first kappa shape index (κ1) is 13.9. The number of benzene rings is 2. The zero-order valence-corrected chi connectivity index (χ0v) is 13.3. The lowest BCUT2D eigenvalue weighted by Gasteiger charge is -2.08. The van der Waals surface area contributed by atoms with Crippen molar-refractivity contribution in [3.8, 4) is 10.6 Å². The van der Waals surface area contributed by atoms with Gasteiger partial charge in [-0.05, 0) is 47.3 Å². The largest absolute Gasteiger partial charge is 0.381 e. The van der Waals surface area contributed by atoms with Crippen LogP contribution in [0.25, 0.3) is 21.3 Å². The normalized spacial score (nSPS) is 10.8.